The van der Waals surface area contributed by atoms with Crippen molar-refractivity contribution in [2.24, 2.45) is 0 Å². The molecule has 0 saturated heterocycles. The zero-order chi connectivity index (χ0) is 31.1. The number of hydrogen-bond donors (Lipinski definition) is 1. The largest absolute Gasteiger partial charge is 0.497 e. The van der Waals surface area contributed by atoms with E-state index in [1.165, 1.54) is 44.4 Å². The van der Waals surface area contributed by atoms with Crippen molar-refractivity contribution in [2.45, 2.75) is 50.7 Å². The molecule has 1 unspecified atom stereocenters. The molecule has 2 amide bonds. The topological polar surface area (TPSA) is 114 Å². The molecule has 0 saturated carbocycles. The van der Waals surface area contributed by atoms with Gasteiger partial charge in [0.15, 0.2) is 11.5 Å². The smallest absolute Gasteiger partial charge is 0.264 e. The summed E-state index contributed by atoms with van der Waals surface area (Å²) in [5.74, 6) is 0.246. The number of ether oxygens (including phenoxy) is 3. The lowest BCUT2D eigenvalue weighted by Gasteiger charge is -2.33. The molecule has 3 rings (SSSR count). The van der Waals surface area contributed by atoms with Crippen LogP contribution < -0.4 is 23.8 Å². The summed E-state index contributed by atoms with van der Waals surface area (Å²) in [6, 6.07) is 18.8. The first-order chi connectivity index (χ1) is 19.8. The van der Waals surface area contributed by atoms with Gasteiger partial charge in [0.2, 0.25) is 11.8 Å². The quantitative estimate of drug-likeness (QED) is 0.332. The van der Waals surface area contributed by atoms with E-state index >= 15 is 0 Å². The molecular formula is C31H39N3O7S. The molecule has 1 N–H and O–H groups in total. The van der Waals surface area contributed by atoms with Crippen molar-refractivity contribution in [3.05, 3.63) is 78.4 Å². The third kappa shape index (κ3) is 7.94. The van der Waals surface area contributed by atoms with Gasteiger partial charge in [0.1, 0.15) is 18.3 Å². The first-order valence-corrected chi connectivity index (χ1v) is 14.8. The lowest BCUT2D eigenvalue weighted by molar-refractivity contribution is -0.140. The van der Waals surface area contributed by atoms with Crippen LogP contribution in [-0.2, 0) is 26.2 Å². The number of methoxy groups -OCH3 is 3. The highest BCUT2D eigenvalue weighted by Crippen LogP contribution is 2.32. The van der Waals surface area contributed by atoms with E-state index in [2.05, 4.69) is 5.32 Å². The third-order valence-electron chi connectivity index (χ3n) is 6.42. The van der Waals surface area contributed by atoms with E-state index in [0.29, 0.717) is 17.1 Å². The van der Waals surface area contributed by atoms with Crippen LogP contribution in [0.2, 0.25) is 0 Å². The van der Waals surface area contributed by atoms with Crippen LogP contribution >= 0.6 is 0 Å². The summed E-state index contributed by atoms with van der Waals surface area (Å²) in [6.45, 7) is 6.65. The number of benzene rings is 3. The molecule has 0 aliphatic heterocycles. The number of anilines is 1. The number of nitrogens with one attached hydrogen (secondary N) is 1. The Morgan fingerprint density at radius 3 is 2.12 bits per heavy atom. The van der Waals surface area contributed by atoms with Gasteiger partial charge < -0.3 is 24.4 Å². The minimum Gasteiger partial charge on any atom is -0.497 e. The van der Waals surface area contributed by atoms with Crippen LogP contribution in [0.3, 0.4) is 0 Å². The van der Waals surface area contributed by atoms with Gasteiger partial charge in [-0.15, -0.1) is 0 Å². The predicted octanol–water partition coefficient (Wildman–Crippen LogP) is 4.24. The SMILES string of the molecule is COc1cccc(CN(C(=O)CN(c2ccccc2)S(=O)(=O)c2ccc(OC)c(OC)c2)C(C)C(=O)NC(C)(C)C)c1. The van der Waals surface area contributed by atoms with E-state index in [-0.39, 0.29) is 28.8 Å². The second-order valence-electron chi connectivity index (χ2n) is 10.7. The molecule has 11 heteroatoms. The van der Waals surface area contributed by atoms with Crippen LogP contribution in [0.5, 0.6) is 17.2 Å². The molecule has 0 aromatic heterocycles. The van der Waals surface area contributed by atoms with E-state index < -0.39 is 34.1 Å². The molecule has 0 fully saturated rings. The molecular weight excluding hydrogens is 558 g/mol. The van der Waals surface area contributed by atoms with Gasteiger partial charge in [-0.1, -0.05) is 30.3 Å². The highest BCUT2D eigenvalue weighted by molar-refractivity contribution is 7.92. The highest BCUT2D eigenvalue weighted by Gasteiger charge is 2.33. The number of hydrogen-bond acceptors (Lipinski definition) is 7. The van der Waals surface area contributed by atoms with E-state index in [4.69, 9.17) is 14.2 Å². The minimum absolute atomic E-state index is 0.0494. The summed E-state index contributed by atoms with van der Waals surface area (Å²) in [4.78, 5) is 28.6. The fourth-order valence-electron chi connectivity index (χ4n) is 4.25. The van der Waals surface area contributed by atoms with Gasteiger partial charge in [-0.3, -0.25) is 13.9 Å². The Kier molecular flexibility index (Phi) is 10.5. The molecule has 1 atom stereocenters. The Bertz CT molecular complexity index is 1490. The second kappa shape index (κ2) is 13.6. The zero-order valence-corrected chi connectivity index (χ0v) is 25.9. The summed E-state index contributed by atoms with van der Waals surface area (Å²) < 4.78 is 45.1. The Hall–Kier alpha value is -4.25. The van der Waals surface area contributed by atoms with Crippen LogP contribution in [0, 0.1) is 0 Å². The van der Waals surface area contributed by atoms with Crippen molar-refractivity contribution < 1.29 is 32.2 Å². The van der Waals surface area contributed by atoms with Crippen LogP contribution in [0.4, 0.5) is 5.69 Å². The second-order valence-corrected chi connectivity index (χ2v) is 12.5. The molecule has 0 aliphatic rings. The van der Waals surface area contributed by atoms with Gasteiger partial charge in [0.25, 0.3) is 10.0 Å². The molecule has 0 spiro atoms. The fraction of sp³-hybridized carbons (Fsp3) is 0.355. The maximum atomic E-state index is 14.1. The maximum absolute atomic E-state index is 14.1. The van der Waals surface area contributed by atoms with Gasteiger partial charge in [0.05, 0.1) is 31.9 Å². The Morgan fingerprint density at radius 2 is 1.52 bits per heavy atom. The lowest BCUT2D eigenvalue weighted by atomic mass is 10.1. The van der Waals surface area contributed by atoms with E-state index in [0.717, 1.165) is 4.31 Å². The first kappa shape index (κ1) is 32.3. The van der Waals surface area contributed by atoms with Crippen LogP contribution in [0.1, 0.15) is 33.3 Å². The molecule has 3 aromatic rings. The number of carbonyl (C=O) groups excluding carboxylic acids is 2. The monoisotopic (exact) mass is 597 g/mol. The molecule has 0 bridgehead atoms. The number of nitrogens with zero attached hydrogens (tertiary/aromatic N) is 2. The summed E-state index contributed by atoms with van der Waals surface area (Å²) >= 11 is 0. The summed E-state index contributed by atoms with van der Waals surface area (Å²) in [6.07, 6.45) is 0. The fourth-order valence-corrected chi connectivity index (χ4v) is 5.68. The van der Waals surface area contributed by atoms with Crippen molar-refractivity contribution >= 4 is 27.5 Å². The van der Waals surface area contributed by atoms with Crippen molar-refractivity contribution in [2.75, 3.05) is 32.2 Å². The summed E-state index contributed by atoms with van der Waals surface area (Å²) in [7, 11) is 0.134. The summed E-state index contributed by atoms with van der Waals surface area (Å²) in [5.41, 5.74) is 0.462. The summed E-state index contributed by atoms with van der Waals surface area (Å²) in [5, 5.41) is 2.91. The zero-order valence-electron chi connectivity index (χ0n) is 25.1. The molecule has 226 valence electrons. The van der Waals surface area contributed by atoms with Gasteiger partial charge in [-0.25, -0.2) is 8.42 Å². The van der Waals surface area contributed by atoms with Gasteiger partial charge >= 0.3 is 0 Å². The Morgan fingerprint density at radius 1 is 0.857 bits per heavy atom. The standard InChI is InChI=1S/C31H39N3O7S/c1-22(30(36)32-31(2,3)4)33(20-23-12-11-15-25(18-23)39-5)29(35)21-34(24-13-9-8-10-14-24)42(37,38)26-16-17-27(40-6)28(19-26)41-7/h8-19,22H,20-21H2,1-7H3,(H,32,36). The molecule has 3 aromatic carbocycles. The molecule has 42 heavy (non-hydrogen) atoms. The van der Waals surface area contributed by atoms with Crippen molar-refractivity contribution in [1.29, 1.82) is 0 Å². The van der Waals surface area contributed by atoms with E-state index in [1.54, 1.807) is 55.5 Å². The molecule has 0 radical (unpaired) electrons. The Labute approximate surface area is 248 Å². The number of para-hydroxylation sites is 1. The third-order valence-corrected chi connectivity index (χ3v) is 8.19. The predicted molar refractivity (Wildman–Crippen MR) is 161 cm³/mol. The van der Waals surface area contributed by atoms with E-state index in [9.17, 15) is 18.0 Å². The number of rotatable bonds is 12. The molecule has 0 aliphatic carbocycles. The van der Waals surface area contributed by atoms with Gasteiger partial charge in [0, 0.05) is 18.2 Å². The van der Waals surface area contributed by atoms with E-state index in [1.807, 2.05) is 26.8 Å². The van der Waals surface area contributed by atoms with Crippen molar-refractivity contribution in [1.82, 2.24) is 10.2 Å². The van der Waals surface area contributed by atoms with Crippen LogP contribution in [0.15, 0.2) is 77.7 Å². The lowest BCUT2D eigenvalue weighted by Crippen LogP contribution is -2.54. The van der Waals surface area contributed by atoms with Gasteiger partial charge in [-0.2, -0.15) is 0 Å². The van der Waals surface area contributed by atoms with Crippen molar-refractivity contribution in [3.63, 3.8) is 0 Å². The molecule has 10 nitrogen and oxygen atoms in total. The number of amides is 2. The highest BCUT2D eigenvalue weighted by atomic mass is 32.2. The van der Waals surface area contributed by atoms with Gasteiger partial charge in [-0.05, 0) is 69.7 Å². The normalized spacial score (nSPS) is 12.2. The first-order valence-electron chi connectivity index (χ1n) is 13.3. The minimum atomic E-state index is -4.27. The van der Waals surface area contributed by atoms with Crippen molar-refractivity contribution in [3.8, 4) is 17.2 Å². The average molecular weight is 598 g/mol. The maximum Gasteiger partial charge on any atom is 0.264 e. The number of carbonyl (C=O) groups is 2. The molecule has 0 heterocycles. The van der Waals surface area contributed by atoms with Crippen LogP contribution in [-0.4, -0.2) is 64.6 Å². The average Bonchev–Trinajstić information content (AvgIpc) is 2.97. The number of sulfonamides is 1. The Balaban J connectivity index is 2.06. The van der Waals surface area contributed by atoms with Crippen LogP contribution in [0.25, 0.3) is 0 Å².